The number of ether oxygens (including phenoxy) is 1. The molecule has 0 amide bonds. The van der Waals surface area contributed by atoms with Crippen LogP contribution in [0.3, 0.4) is 0 Å². The standard InChI is InChI=1S/C12H21N3O/c1-3-15-9-10(8-14-15)7-11(13)12(2)5-4-6-16-12/h8-9,11H,3-7,13H2,1-2H3. The van der Waals surface area contributed by atoms with Crippen molar-refractivity contribution in [2.75, 3.05) is 6.61 Å². The number of rotatable bonds is 4. The molecule has 1 aromatic rings. The lowest BCUT2D eigenvalue weighted by molar-refractivity contribution is -0.000907. The maximum Gasteiger partial charge on any atom is 0.0808 e. The van der Waals surface area contributed by atoms with Gasteiger partial charge in [-0.2, -0.15) is 5.10 Å². The number of nitrogens with two attached hydrogens (primary N) is 1. The van der Waals surface area contributed by atoms with Gasteiger partial charge in [-0.3, -0.25) is 4.68 Å². The predicted octanol–water partition coefficient (Wildman–Crippen LogP) is 1.34. The highest BCUT2D eigenvalue weighted by molar-refractivity contribution is 5.09. The van der Waals surface area contributed by atoms with E-state index in [9.17, 15) is 0 Å². The zero-order valence-electron chi connectivity index (χ0n) is 10.1. The summed E-state index contributed by atoms with van der Waals surface area (Å²) in [6.45, 7) is 5.95. The van der Waals surface area contributed by atoms with E-state index in [2.05, 4.69) is 25.1 Å². The van der Waals surface area contributed by atoms with E-state index in [0.29, 0.717) is 0 Å². The van der Waals surface area contributed by atoms with E-state index in [4.69, 9.17) is 10.5 Å². The number of hydrogen-bond donors (Lipinski definition) is 1. The molecule has 0 aromatic carbocycles. The molecule has 0 spiro atoms. The van der Waals surface area contributed by atoms with Gasteiger partial charge in [-0.05, 0) is 38.7 Å². The van der Waals surface area contributed by atoms with E-state index < -0.39 is 0 Å². The topological polar surface area (TPSA) is 53.1 Å². The van der Waals surface area contributed by atoms with Crippen LogP contribution in [-0.2, 0) is 17.7 Å². The fourth-order valence-corrected chi connectivity index (χ4v) is 2.25. The molecule has 4 heteroatoms. The highest BCUT2D eigenvalue weighted by Gasteiger charge is 2.36. The Labute approximate surface area is 96.8 Å². The summed E-state index contributed by atoms with van der Waals surface area (Å²) in [5.74, 6) is 0. The second kappa shape index (κ2) is 4.55. The van der Waals surface area contributed by atoms with Gasteiger partial charge in [-0.25, -0.2) is 0 Å². The van der Waals surface area contributed by atoms with Gasteiger partial charge in [0.05, 0.1) is 11.8 Å². The number of aromatic nitrogens is 2. The molecule has 2 heterocycles. The van der Waals surface area contributed by atoms with Crippen LogP contribution in [0.25, 0.3) is 0 Å². The third kappa shape index (κ3) is 2.28. The van der Waals surface area contributed by atoms with Crippen LogP contribution in [0.1, 0.15) is 32.3 Å². The molecule has 2 rings (SSSR count). The van der Waals surface area contributed by atoms with Crippen LogP contribution in [-0.4, -0.2) is 28.0 Å². The molecule has 0 bridgehead atoms. The maximum atomic E-state index is 6.23. The number of nitrogens with zero attached hydrogens (tertiary/aromatic N) is 2. The second-order valence-corrected chi connectivity index (χ2v) is 4.78. The summed E-state index contributed by atoms with van der Waals surface area (Å²) in [6.07, 6.45) is 7.00. The molecule has 1 aromatic heterocycles. The fraction of sp³-hybridized carbons (Fsp3) is 0.750. The minimum atomic E-state index is -0.145. The summed E-state index contributed by atoms with van der Waals surface area (Å²) in [5, 5.41) is 4.26. The Morgan fingerprint density at radius 1 is 1.69 bits per heavy atom. The number of aryl methyl sites for hydroxylation is 1. The first-order valence-electron chi connectivity index (χ1n) is 6.05. The summed E-state index contributed by atoms with van der Waals surface area (Å²) in [4.78, 5) is 0. The number of hydrogen-bond acceptors (Lipinski definition) is 3. The summed E-state index contributed by atoms with van der Waals surface area (Å²) < 4.78 is 7.69. The average Bonchev–Trinajstić information content (AvgIpc) is 2.88. The van der Waals surface area contributed by atoms with Crippen molar-refractivity contribution in [3.63, 3.8) is 0 Å². The van der Waals surface area contributed by atoms with Crippen LogP contribution in [0, 0.1) is 0 Å². The lowest BCUT2D eigenvalue weighted by atomic mass is 9.90. The van der Waals surface area contributed by atoms with Gasteiger partial charge >= 0.3 is 0 Å². The molecule has 1 aliphatic heterocycles. The van der Waals surface area contributed by atoms with Gasteiger partial charge in [-0.15, -0.1) is 0 Å². The highest BCUT2D eigenvalue weighted by Crippen LogP contribution is 2.29. The molecule has 4 nitrogen and oxygen atoms in total. The van der Waals surface area contributed by atoms with Gasteiger partial charge in [0.2, 0.25) is 0 Å². The molecular formula is C12H21N3O. The smallest absolute Gasteiger partial charge is 0.0808 e. The van der Waals surface area contributed by atoms with Gasteiger partial charge in [-0.1, -0.05) is 0 Å². The molecule has 0 saturated carbocycles. The quantitative estimate of drug-likeness (QED) is 0.838. The molecule has 1 fully saturated rings. The maximum absolute atomic E-state index is 6.23. The van der Waals surface area contributed by atoms with E-state index in [0.717, 1.165) is 32.4 Å². The van der Waals surface area contributed by atoms with Crippen LogP contribution < -0.4 is 5.73 Å². The minimum Gasteiger partial charge on any atom is -0.374 e. The Bertz CT molecular complexity index is 342. The Morgan fingerprint density at radius 3 is 3.06 bits per heavy atom. The van der Waals surface area contributed by atoms with Gasteiger partial charge in [0.1, 0.15) is 0 Å². The van der Waals surface area contributed by atoms with E-state index in [1.807, 2.05) is 10.9 Å². The van der Waals surface area contributed by atoms with E-state index >= 15 is 0 Å². The average molecular weight is 223 g/mol. The third-order valence-corrected chi connectivity index (χ3v) is 3.50. The lowest BCUT2D eigenvalue weighted by Gasteiger charge is -2.30. The molecule has 0 radical (unpaired) electrons. The van der Waals surface area contributed by atoms with Crippen molar-refractivity contribution in [1.29, 1.82) is 0 Å². The summed E-state index contributed by atoms with van der Waals surface area (Å²) >= 11 is 0. The molecule has 90 valence electrons. The fourth-order valence-electron chi connectivity index (χ4n) is 2.25. The van der Waals surface area contributed by atoms with E-state index in [-0.39, 0.29) is 11.6 Å². The first-order valence-corrected chi connectivity index (χ1v) is 6.05. The first-order chi connectivity index (χ1) is 7.64. The Morgan fingerprint density at radius 2 is 2.50 bits per heavy atom. The Hall–Kier alpha value is -0.870. The van der Waals surface area contributed by atoms with Crippen LogP contribution in [0.5, 0.6) is 0 Å². The highest BCUT2D eigenvalue weighted by atomic mass is 16.5. The zero-order chi connectivity index (χ0) is 11.6. The zero-order valence-corrected chi connectivity index (χ0v) is 10.1. The molecule has 2 unspecified atom stereocenters. The molecule has 1 aliphatic rings. The van der Waals surface area contributed by atoms with Crippen LogP contribution in [0.2, 0.25) is 0 Å². The van der Waals surface area contributed by atoms with Crippen molar-refractivity contribution in [3.05, 3.63) is 18.0 Å². The monoisotopic (exact) mass is 223 g/mol. The predicted molar refractivity (Wildman–Crippen MR) is 63.2 cm³/mol. The van der Waals surface area contributed by atoms with Gasteiger partial charge in [0.25, 0.3) is 0 Å². The molecular weight excluding hydrogens is 202 g/mol. The molecule has 16 heavy (non-hydrogen) atoms. The van der Waals surface area contributed by atoms with Crippen molar-refractivity contribution >= 4 is 0 Å². The van der Waals surface area contributed by atoms with Crippen LogP contribution in [0.4, 0.5) is 0 Å². The first kappa shape index (κ1) is 11.6. The summed E-state index contributed by atoms with van der Waals surface area (Å²) in [6, 6.07) is 0.0597. The van der Waals surface area contributed by atoms with Gasteiger partial charge in [0, 0.05) is 25.4 Å². The van der Waals surface area contributed by atoms with Gasteiger partial charge < -0.3 is 10.5 Å². The molecule has 2 atom stereocenters. The lowest BCUT2D eigenvalue weighted by Crippen LogP contribution is -2.46. The van der Waals surface area contributed by atoms with E-state index in [1.165, 1.54) is 5.56 Å². The van der Waals surface area contributed by atoms with Crippen molar-refractivity contribution in [2.45, 2.75) is 51.3 Å². The second-order valence-electron chi connectivity index (χ2n) is 4.78. The SMILES string of the molecule is CCn1cc(CC(N)C2(C)CCCO2)cn1. The summed E-state index contributed by atoms with van der Waals surface area (Å²) in [7, 11) is 0. The molecule has 0 aliphatic carbocycles. The summed E-state index contributed by atoms with van der Waals surface area (Å²) in [5.41, 5.74) is 7.29. The van der Waals surface area contributed by atoms with Crippen molar-refractivity contribution < 1.29 is 4.74 Å². The van der Waals surface area contributed by atoms with Crippen LogP contribution in [0.15, 0.2) is 12.4 Å². The van der Waals surface area contributed by atoms with Crippen molar-refractivity contribution in [1.82, 2.24) is 9.78 Å². The molecule has 1 saturated heterocycles. The van der Waals surface area contributed by atoms with Gasteiger partial charge in [0.15, 0.2) is 0 Å². The third-order valence-electron chi connectivity index (χ3n) is 3.50. The van der Waals surface area contributed by atoms with E-state index in [1.54, 1.807) is 0 Å². The van der Waals surface area contributed by atoms with Crippen LogP contribution >= 0.6 is 0 Å². The minimum absolute atomic E-state index is 0.0597. The van der Waals surface area contributed by atoms with Crippen molar-refractivity contribution in [2.24, 2.45) is 5.73 Å². The largest absolute Gasteiger partial charge is 0.374 e. The molecule has 2 N–H and O–H groups in total. The van der Waals surface area contributed by atoms with Crippen molar-refractivity contribution in [3.8, 4) is 0 Å². The Kier molecular flexibility index (Phi) is 3.30. The normalized spacial score (nSPS) is 27.2. The Balaban J connectivity index is 1.98.